The molecule has 1 unspecified atom stereocenters. The molecule has 0 aliphatic carbocycles. The first kappa shape index (κ1) is 12.9. The van der Waals surface area contributed by atoms with Crippen molar-refractivity contribution in [2.45, 2.75) is 13.3 Å². The number of carbonyl (C=O) groups is 1. The number of halogens is 1. The van der Waals surface area contributed by atoms with Gasteiger partial charge in [-0.15, -0.1) is 0 Å². The van der Waals surface area contributed by atoms with E-state index < -0.39 is 5.92 Å². The molecule has 86 valence electrons. The van der Waals surface area contributed by atoms with Gasteiger partial charge in [0.05, 0.1) is 15.9 Å². The second kappa shape index (κ2) is 5.77. The van der Waals surface area contributed by atoms with Gasteiger partial charge in [0, 0.05) is 6.20 Å². The standard InChI is InChI=1S/C10H12ClN3OS/c1-2-7(9(12)16)10(15)14-8-4-3-6(11)5-13-8/h3-5,7H,2H2,1H3,(H2,12,16)(H,13,14,15). The zero-order chi connectivity index (χ0) is 12.1. The minimum Gasteiger partial charge on any atom is -0.393 e. The van der Waals surface area contributed by atoms with E-state index in [4.69, 9.17) is 29.6 Å². The van der Waals surface area contributed by atoms with E-state index in [0.717, 1.165) is 0 Å². The molecule has 0 spiro atoms. The van der Waals surface area contributed by atoms with Crippen molar-refractivity contribution in [3.05, 3.63) is 23.4 Å². The predicted molar refractivity (Wildman–Crippen MR) is 68.4 cm³/mol. The normalized spacial score (nSPS) is 11.9. The molecular weight excluding hydrogens is 246 g/mol. The van der Waals surface area contributed by atoms with Crippen molar-refractivity contribution in [1.29, 1.82) is 0 Å². The smallest absolute Gasteiger partial charge is 0.235 e. The van der Waals surface area contributed by atoms with Gasteiger partial charge in [0.25, 0.3) is 0 Å². The highest BCUT2D eigenvalue weighted by molar-refractivity contribution is 7.80. The summed E-state index contributed by atoms with van der Waals surface area (Å²) >= 11 is 10.5. The molecule has 0 aliphatic rings. The van der Waals surface area contributed by atoms with E-state index in [0.29, 0.717) is 17.3 Å². The lowest BCUT2D eigenvalue weighted by molar-refractivity contribution is -0.118. The number of rotatable bonds is 4. The van der Waals surface area contributed by atoms with Crippen molar-refractivity contribution in [3.8, 4) is 0 Å². The van der Waals surface area contributed by atoms with E-state index in [-0.39, 0.29) is 10.9 Å². The number of nitrogens with two attached hydrogens (primary N) is 1. The van der Waals surface area contributed by atoms with Crippen LogP contribution in [0.3, 0.4) is 0 Å². The summed E-state index contributed by atoms with van der Waals surface area (Å²) in [7, 11) is 0. The Hall–Kier alpha value is -1.20. The van der Waals surface area contributed by atoms with Gasteiger partial charge in [-0.3, -0.25) is 4.79 Å². The Balaban J connectivity index is 2.70. The van der Waals surface area contributed by atoms with Crippen LogP contribution in [0.1, 0.15) is 13.3 Å². The molecule has 4 nitrogen and oxygen atoms in total. The van der Waals surface area contributed by atoms with Crippen LogP contribution in [0.5, 0.6) is 0 Å². The average molecular weight is 258 g/mol. The molecule has 1 atom stereocenters. The van der Waals surface area contributed by atoms with Gasteiger partial charge >= 0.3 is 0 Å². The lowest BCUT2D eigenvalue weighted by atomic mass is 10.1. The van der Waals surface area contributed by atoms with Gasteiger partial charge in [0.15, 0.2) is 0 Å². The van der Waals surface area contributed by atoms with Gasteiger partial charge in [-0.2, -0.15) is 0 Å². The molecule has 6 heteroatoms. The number of carbonyl (C=O) groups excluding carboxylic acids is 1. The number of pyridine rings is 1. The monoisotopic (exact) mass is 257 g/mol. The minimum absolute atomic E-state index is 0.189. The Bertz CT molecular complexity index is 394. The summed E-state index contributed by atoms with van der Waals surface area (Å²) < 4.78 is 0. The fourth-order valence-electron chi connectivity index (χ4n) is 1.18. The van der Waals surface area contributed by atoms with Crippen LogP contribution in [0, 0.1) is 5.92 Å². The van der Waals surface area contributed by atoms with Crippen molar-refractivity contribution in [1.82, 2.24) is 4.98 Å². The van der Waals surface area contributed by atoms with Crippen molar-refractivity contribution >= 4 is 40.5 Å². The third-order valence-corrected chi connectivity index (χ3v) is 2.55. The largest absolute Gasteiger partial charge is 0.393 e. The number of nitrogens with one attached hydrogen (secondary N) is 1. The average Bonchev–Trinajstić information content (AvgIpc) is 2.22. The molecule has 1 amide bonds. The second-order valence-electron chi connectivity index (χ2n) is 3.21. The Morgan fingerprint density at radius 2 is 2.38 bits per heavy atom. The molecule has 1 aromatic rings. The molecule has 0 saturated carbocycles. The highest BCUT2D eigenvalue weighted by Gasteiger charge is 2.19. The number of aromatic nitrogens is 1. The Morgan fingerprint density at radius 1 is 1.69 bits per heavy atom. The number of hydrogen-bond acceptors (Lipinski definition) is 3. The first-order chi connectivity index (χ1) is 7.54. The fraction of sp³-hybridized carbons (Fsp3) is 0.300. The van der Waals surface area contributed by atoms with Crippen LogP contribution in [0.4, 0.5) is 5.82 Å². The number of thiocarbonyl (C=S) groups is 1. The molecular formula is C10H12ClN3OS. The number of hydrogen-bond donors (Lipinski definition) is 2. The van der Waals surface area contributed by atoms with Crippen LogP contribution < -0.4 is 11.1 Å². The first-order valence-electron chi connectivity index (χ1n) is 4.76. The molecule has 0 radical (unpaired) electrons. The summed E-state index contributed by atoms with van der Waals surface area (Å²) in [5, 5.41) is 3.14. The van der Waals surface area contributed by atoms with Gasteiger partial charge in [-0.1, -0.05) is 30.7 Å². The lowest BCUT2D eigenvalue weighted by Crippen LogP contribution is -2.32. The summed E-state index contributed by atoms with van der Waals surface area (Å²) in [4.78, 5) is 15.9. The zero-order valence-corrected chi connectivity index (χ0v) is 10.3. The fourth-order valence-corrected chi connectivity index (χ4v) is 1.56. The number of amides is 1. The van der Waals surface area contributed by atoms with Crippen LogP contribution in [0.25, 0.3) is 0 Å². The summed E-state index contributed by atoms with van der Waals surface area (Å²) in [6.07, 6.45) is 2.02. The van der Waals surface area contributed by atoms with Gasteiger partial charge in [-0.25, -0.2) is 4.98 Å². The van der Waals surface area contributed by atoms with Crippen LogP contribution in [-0.4, -0.2) is 15.9 Å². The predicted octanol–water partition coefficient (Wildman–Crippen LogP) is 1.99. The number of nitrogens with zero attached hydrogens (tertiary/aromatic N) is 1. The molecule has 1 rings (SSSR count). The molecule has 1 heterocycles. The lowest BCUT2D eigenvalue weighted by Gasteiger charge is -2.12. The maximum Gasteiger partial charge on any atom is 0.235 e. The van der Waals surface area contributed by atoms with Crippen molar-refractivity contribution in [3.63, 3.8) is 0 Å². The Morgan fingerprint density at radius 3 is 2.81 bits per heavy atom. The van der Waals surface area contributed by atoms with Gasteiger partial charge < -0.3 is 11.1 Å². The van der Waals surface area contributed by atoms with Crippen LogP contribution in [0.2, 0.25) is 5.02 Å². The Labute approximate surface area is 104 Å². The maximum absolute atomic E-state index is 11.7. The van der Waals surface area contributed by atoms with Crippen molar-refractivity contribution < 1.29 is 4.79 Å². The molecule has 0 fully saturated rings. The molecule has 1 aromatic heterocycles. The second-order valence-corrected chi connectivity index (χ2v) is 4.12. The third-order valence-electron chi connectivity index (χ3n) is 2.05. The highest BCUT2D eigenvalue weighted by Crippen LogP contribution is 2.12. The highest BCUT2D eigenvalue weighted by atomic mass is 35.5. The van der Waals surface area contributed by atoms with Gasteiger partial charge in [0.2, 0.25) is 5.91 Å². The summed E-state index contributed by atoms with van der Waals surface area (Å²) in [6.45, 7) is 1.85. The Kier molecular flexibility index (Phi) is 4.64. The summed E-state index contributed by atoms with van der Waals surface area (Å²) in [5.41, 5.74) is 5.45. The van der Waals surface area contributed by atoms with E-state index in [1.807, 2.05) is 6.92 Å². The topological polar surface area (TPSA) is 68.0 Å². The summed E-state index contributed by atoms with van der Waals surface area (Å²) in [5.74, 6) is -0.276. The van der Waals surface area contributed by atoms with Gasteiger partial charge in [0.1, 0.15) is 5.82 Å². The summed E-state index contributed by atoms with van der Waals surface area (Å²) in [6, 6.07) is 3.26. The molecule has 0 aliphatic heterocycles. The quantitative estimate of drug-likeness (QED) is 0.810. The van der Waals surface area contributed by atoms with E-state index in [2.05, 4.69) is 10.3 Å². The molecule has 16 heavy (non-hydrogen) atoms. The third kappa shape index (κ3) is 3.43. The first-order valence-corrected chi connectivity index (χ1v) is 5.55. The van der Waals surface area contributed by atoms with E-state index in [1.54, 1.807) is 12.1 Å². The molecule has 3 N–H and O–H groups in total. The van der Waals surface area contributed by atoms with Crippen molar-refractivity contribution in [2.75, 3.05) is 5.32 Å². The van der Waals surface area contributed by atoms with E-state index in [1.165, 1.54) is 6.20 Å². The van der Waals surface area contributed by atoms with Crippen LogP contribution in [-0.2, 0) is 4.79 Å². The van der Waals surface area contributed by atoms with Crippen molar-refractivity contribution in [2.24, 2.45) is 11.7 Å². The molecule has 0 aromatic carbocycles. The molecule has 0 bridgehead atoms. The maximum atomic E-state index is 11.7. The molecule has 0 saturated heterocycles. The van der Waals surface area contributed by atoms with E-state index in [9.17, 15) is 4.79 Å². The zero-order valence-electron chi connectivity index (χ0n) is 8.74. The van der Waals surface area contributed by atoms with Crippen LogP contribution >= 0.6 is 23.8 Å². The minimum atomic E-state index is -0.465. The number of anilines is 1. The van der Waals surface area contributed by atoms with Crippen LogP contribution in [0.15, 0.2) is 18.3 Å². The van der Waals surface area contributed by atoms with E-state index >= 15 is 0 Å². The SMILES string of the molecule is CCC(C(=O)Nc1ccc(Cl)cn1)C(N)=S. The van der Waals surface area contributed by atoms with Gasteiger partial charge in [-0.05, 0) is 18.6 Å².